The van der Waals surface area contributed by atoms with Gasteiger partial charge in [-0.05, 0) is 41.5 Å². The van der Waals surface area contributed by atoms with Crippen LogP contribution in [0, 0.1) is 0 Å². The summed E-state index contributed by atoms with van der Waals surface area (Å²) in [5.74, 6) is 0.111. The van der Waals surface area contributed by atoms with Crippen LogP contribution >= 0.6 is 46.8 Å². The lowest BCUT2D eigenvalue weighted by atomic mass is 10.1. The molecule has 0 spiro atoms. The Morgan fingerprint density at radius 2 is 1.91 bits per heavy atom. The van der Waals surface area contributed by atoms with Crippen LogP contribution in [0.5, 0.6) is 0 Å². The second-order valence-electron chi connectivity index (χ2n) is 6.92. The highest BCUT2D eigenvalue weighted by Crippen LogP contribution is 2.36. The Kier molecular flexibility index (Phi) is 7.29. The van der Waals surface area contributed by atoms with Gasteiger partial charge in [0.2, 0.25) is 0 Å². The molecule has 33 heavy (non-hydrogen) atoms. The van der Waals surface area contributed by atoms with Crippen LogP contribution in [0.1, 0.15) is 15.9 Å². The molecule has 4 aromatic rings. The van der Waals surface area contributed by atoms with Gasteiger partial charge in [0.05, 0.1) is 19.2 Å². The molecule has 10 heteroatoms. The molecule has 0 radical (unpaired) electrons. The molecule has 2 aromatic carbocycles. The number of thiophene rings is 1. The average molecular weight is 517 g/mol. The van der Waals surface area contributed by atoms with Crippen LogP contribution in [0.4, 0.5) is 10.8 Å². The second kappa shape index (κ2) is 10.4. The van der Waals surface area contributed by atoms with Gasteiger partial charge in [0.15, 0.2) is 10.9 Å². The Morgan fingerprint density at radius 1 is 1.12 bits per heavy atom. The van der Waals surface area contributed by atoms with Crippen molar-refractivity contribution < 1.29 is 9.53 Å². The molecular weight excluding hydrogens is 499 g/mol. The summed E-state index contributed by atoms with van der Waals surface area (Å²) in [4.78, 5) is 13.2. The number of ether oxygens (including phenoxy) is 1. The highest BCUT2D eigenvalue weighted by Gasteiger charge is 2.18. The minimum Gasteiger partial charge on any atom is -0.465 e. The Bertz CT molecular complexity index is 1310. The largest absolute Gasteiger partial charge is 0.465 e. The van der Waals surface area contributed by atoms with Gasteiger partial charge in [-0.2, -0.15) is 5.10 Å². The van der Waals surface area contributed by atoms with E-state index in [0.717, 1.165) is 16.0 Å². The van der Waals surface area contributed by atoms with Crippen molar-refractivity contribution in [3.05, 3.63) is 88.0 Å². The molecule has 0 aliphatic heterocycles. The summed E-state index contributed by atoms with van der Waals surface area (Å²) in [6.07, 6.45) is 1.81. The van der Waals surface area contributed by atoms with E-state index in [4.69, 9.17) is 40.2 Å². The van der Waals surface area contributed by atoms with Gasteiger partial charge in [-0.3, -0.25) is 4.68 Å². The number of benzene rings is 2. The molecule has 4 rings (SSSR count). The lowest BCUT2D eigenvalue weighted by molar-refractivity contribution is 0.0602. The number of nitrogens with zero attached hydrogens (tertiary/aromatic N) is 2. The third-order valence-corrected chi connectivity index (χ3v) is 6.54. The number of carbonyl (C=O) groups excluding carboxylic acids is 1. The number of carbonyl (C=O) groups is 1. The van der Waals surface area contributed by atoms with E-state index in [2.05, 4.69) is 15.7 Å². The van der Waals surface area contributed by atoms with E-state index in [1.54, 1.807) is 28.9 Å². The standard InChI is InChI=1S/C23H18Cl2N4O2S2/c1-31-22(30)17-12-19(14-5-3-2-4-6-14)33-21(17)27-23(32)26-20-9-10-29(28-20)13-15-7-8-16(24)11-18(15)25/h2-12H,13H2,1H3,(H2,26,27,28,32). The molecule has 0 saturated heterocycles. The smallest absolute Gasteiger partial charge is 0.340 e. The molecule has 2 heterocycles. The zero-order valence-electron chi connectivity index (χ0n) is 17.3. The summed E-state index contributed by atoms with van der Waals surface area (Å²) in [6.45, 7) is 0.482. The van der Waals surface area contributed by atoms with Crippen molar-refractivity contribution >= 4 is 68.7 Å². The third kappa shape index (κ3) is 5.72. The topological polar surface area (TPSA) is 68.2 Å². The van der Waals surface area contributed by atoms with Gasteiger partial charge in [-0.15, -0.1) is 11.3 Å². The SMILES string of the molecule is COC(=O)c1cc(-c2ccccc2)sc1NC(=S)Nc1ccn(Cc2ccc(Cl)cc2Cl)n1. The second-order valence-corrected chi connectivity index (χ2v) is 9.23. The van der Waals surface area contributed by atoms with Gasteiger partial charge in [0.25, 0.3) is 0 Å². The van der Waals surface area contributed by atoms with Crippen LogP contribution in [0.15, 0.2) is 66.9 Å². The predicted octanol–water partition coefficient (Wildman–Crippen LogP) is 6.56. The van der Waals surface area contributed by atoms with E-state index in [1.807, 2.05) is 42.6 Å². The highest BCUT2D eigenvalue weighted by atomic mass is 35.5. The van der Waals surface area contributed by atoms with E-state index in [0.29, 0.717) is 38.1 Å². The number of aromatic nitrogens is 2. The van der Waals surface area contributed by atoms with E-state index < -0.39 is 5.97 Å². The van der Waals surface area contributed by atoms with Crippen LogP contribution in [0.2, 0.25) is 10.0 Å². The minimum atomic E-state index is -0.442. The summed E-state index contributed by atoms with van der Waals surface area (Å²) in [5.41, 5.74) is 2.30. The lowest BCUT2D eigenvalue weighted by Gasteiger charge is -2.09. The fourth-order valence-electron chi connectivity index (χ4n) is 3.08. The summed E-state index contributed by atoms with van der Waals surface area (Å²) in [7, 11) is 1.35. The van der Waals surface area contributed by atoms with Gasteiger partial charge >= 0.3 is 5.97 Å². The van der Waals surface area contributed by atoms with Crippen molar-refractivity contribution in [3.63, 3.8) is 0 Å². The predicted molar refractivity (Wildman–Crippen MR) is 139 cm³/mol. The maximum absolute atomic E-state index is 12.3. The minimum absolute atomic E-state index is 0.302. The van der Waals surface area contributed by atoms with Gasteiger partial charge < -0.3 is 15.4 Å². The fourth-order valence-corrected chi connectivity index (χ4v) is 4.88. The summed E-state index contributed by atoms with van der Waals surface area (Å²) in [5, 5.41) is 12.7. The zero-order valence-corrected chi connectivity index (χ0v) is 20.5. The molecule has 0 bridgehead atoms. The Hall–Kier alpha value is -2.91. The number of hydrogen-bond donors (Lipinski definition) is 2. The van der Waals surface area contributed by atoms with Crippen LogP contribution < -0.4 is 10.6 Å². The zero-order chi connectivity index (χ0) is 23.4. The van der Waals surface area contributed by atoms with Crippen LogP contribution in [0.3, 0.4) is 0 Å². The first-order valence-electron chi connectivity index (χ1n) is 9.76. The van der Waals surface area contributed by atoms with Crippen LogP contribution in [-0.2, 0) is 11.3 Å². The first-order chi connectivity index (χ1) is 15.9. The van der Waals surface area contributed by atoms with E-state index in [-0.39, 0.29) is 0 Å². The third-order valence-electron chi connectivity index (χ3n) is 4.65. The van der Waals surface area contributed by atoms with Crippen LogP contribution in [0.25, 0.3) is 10.4 Å². The molecule has 0 atom stereocenters. The molecule has 0 unspecified atom stereocenters. The molecule has 6 nitrogen and oxygen atoms in total. The molecule has 2 N–H and O–H groups in total. The molecular formula is C23H18Cl2N4O2S2. The van der Waals surface area contributed by atoms with Gasteiger partial charge in [0, 0.05) is 27.2 Å². The molecule has 0 saturated carbocycles. The molecule has 0 fully saturated rings. The maximum Gasteiger partial charge on any atom is 0.340 e. The van der Waals surface area contributed by atoms with Crippen molar-refractivity contribution in [2.75, 3.05) is 17.7 Å². The Labute approximate surface area is 210 Å². The number of esters is 1. The Balaban J connectivity index is 1.47. The number of rotatable bonds is 6. The highest BCUT2D eigenvalue weighted by molar-refractivity contribution is 7.80. The first kappa shape index (κ1) is 23.3. The number of nitrogens with one attached hydrogen (secondary N) is 2. The first-order valence-corrected chi connectivity index (χ1v) is 11.7. The number of methoxy groups -OCH3 is 1. The van der Waals surface area contributed by atoms with Crippen molar-refractivity contribution in [2.45, 2.75) is 6.54 Å². The molecule has 2 aromatic heterocycles. The molecule has 0 aliphatic carbocycles. The lowest BCUT2D eigenvalue weighted by Crippen LogP contribution is -2.20. The summed E-state index contributed by atoms with van der Waals surface area (Å²) >= 11 is 19.1. The number of hydrogen-bond acceptors (Lipinski definition) is 5. The van der Waals surface area contributed by atoms with E-state index in [1.165, 1.54) is 18.4 Å². The number of halogens is 2. The molecule has 168 valence electrons. The van der Waals surface area contributed by atoms with Crippen molar-refractivity contribution in [3.8, 4) is 10.4 Å². The fraction of sp³-hybridized carbons (Fsp3) is 0.0870. The van der Waals surface area contributed by atoms with Crippen molar-refractivity contribution in [1.82, 2.24) is 9.78 Å². The molecule has 0 aliphatic rings. The average Bonchev–Trinajstić information content (AvgIpc) is 3.42. The number of thiocarbonyl (C=S) groups is 1. The van der Waals surface area contributed by atoms with Crippen molar-refractivity contribution in [1.29, 1.82) is 0 Å². The monoisotopic (exact) mass is 516 g/mol. The summed E-state index contributed by atoms with van der Waals surface area (Å²) in [6, 6.07) is 18.7. The molecule has 0 amide bonds. The quantitative estimate of drug-likeness (QED) is 0.223. The Morgan fingerprint density at radius 3 is 2.64 bits per heavy atom. The van der Waals surface area contributed by atoms with Crippen LogP contribution in [-0.4, -0.2) is 28.0 Å². The van der Waals surface area contributed by atoms with E-state index in [9.17, 15) is 4.79 Å². The normalized spacial score (nSPS) is 10.6. The van der Waals surface area contributed by atoms with Gasteiger partial charge in [-0.1, -0.05) is 59.6 Å². The number of anilines is 2. The van der Waals surface area contributed by atoms with E-state index >= 15 is 0 Å². The van der Waals surface area contributed by atoms with Gasteiger partial charge in [-0.25, -0.2) is 4.79 Å². The van der Waals surface area contributed by atoms with Crippen molar-refractivity contribution in [2.24, 2.45) is 0 Å². The maximum atomic E-state index is 12.3. The van der Waals surface area contributed by atoms with Gasteiger partial charge in [0.1, 0.15) is 5.00 Å². The summed E-state index contributed by atoms with van der Waals surface area (Å²) < 4.78 is 6.67.